The minimum absolute atomic E-state index is 0.0181. The zero-order chi connectivity index (χ0) is 22.2. The van der Waals surface area contributed by atoms with Crippen LogP contribution >= 0.6 is 11.6 Å². The van der Waals surface area contributed by atoms with Crippen molar-refractivity contribution in [2.75, 3.05) is 21.3 Å². The molecule has 32 heavy (non-hydrogen) atoms. The lowest BCUT2D eigenvalue weighted by atomic mass is 9.95. The largest absolute Gasteiger partial charge is 0.497 e. The fourth-order valence-electron chi connectivity index (χ4n) is 4.25. The molecule has 2 atom stereocenters. The Balaban J connectivity index is 1.61. The van der Waals surface area contributed by atoms with Gasteiger partial charge in [-0.2, -0.15) is 5.10 Å². The predicted molar refractivity (Wildman–Crippen MR) is 123 cm³/mol. The van der Waals surface area contributed by atoms with E-state index in [0.29, 0.717) is 10.8 Å². The number of hydrogen-bond donors (Lipinski definition) is 0. The van der Waals surface area contributed by atoms with Crippen LogP contribution in [-0.2, 0) is 0 Å². The quantitative estimate of drug-likeness (QED) is 0.505. The van der Waals surface area contributed by atoms with Crippen LogP contribution in [0.2, 0.25) is 5.02 Å². The molecule has 7 heteroatoms. The minimum Gasteiger partial charge on any atom is -0.497 e. The van der Waals surface area contributed by atoms with Gasteiger partial charge in [0.15, 0.2) is 0 Å². The van der Waals surface area contributed by atoms with Crippen molar-refractivity contribution < 1.29 is 18.9 Å². The summed E-state index contributed by atoms with van der Waals surface area (Å²) >= 11 is 6.33. The van der Waals surface area contributed by atoms with E-state index >= 15 is 0 Å². The van der Waals surface area contributed by atoms with E-state index in [1.54, 1.807) is 21.3 Å². The molecule has 0 amide bonds. The van der Waals surface area contributed by atoms with Gasteiger partial charge in [-0.05, 0) is 66.2 Å². The van der Waals surface area contributed by atoms with Gasteiger partial charge >= 0.3 is 0 Å². The van der Waals surface area contributed by atoms with Crippen LogP contribution in [0.15, 0.2) is 65.8 Å². The average molecular weight is 451 g/mol. The highest BCUT2D eigenvalue weighted by Gasteiger charge is 2.42. The SMILES string of the molecule is COc1ccc(C2=NN3C(C2)c2cc(Cl)ccc2OC3c2cc(OC)ccc2OC)cc1. The molecule has 0 spiro atoms. The Hall–Kier alpha value is -3.38. The molecule has 0 saturated carbocycles. The minimum atomic E-state index is -0.477. The third-order valence-corrected chi connectivity index (χ3v) is 6.11. The van der Waals surface area contributed by atoms with Crippen LogP contribution in [0.25, 0.3) is 0 Å². The molecule has 0 aromatic heterocycles. The van der Waals surface area contributed by atoms with Crippen LogP contribution in [0.5, 0.6) is 23.0 Å². The molecule has 5 rings (SSSR count). The lowest BCUT2D eigenvalue weighted by Crippen LogP contribution is -2.34. The number of benzene rings is 3. The number of ether oxygens (including phenoxy) is 4. The Kier molecular flexibility index (Phi) is 5.31. The fourth-order valence-corrected chi connectivity index (χ4v) is 4.43. The van der Waals surface area contributed by atoms with Crippen LogP contribution < -0.4 is 18.9 Å². The second-order valence-electron chi connectivity index (χ2n) is 7.64. The Morgan fingerprint density at radius 2 is 1.62 bits per heavy atom. The molecule has 164 valence electrons. The Morgan fingerprint density at radius 1 is 0.875 bits per heavy atom. The first-order valence-electron chi connectivity index (χ1n) is 10.3. The number of halogens is 1. The summed E-state index contributed by atoms with van der Waals surface area (Å²) in [6, 6.07) is 19.3. The monoisotopic (exact) mass is 450 g/mol. The van der Waals surface area contributed by atoms with E-state index in [2.05, 4.69) is 0 Å². The third kappa shape index (κ3) is 3.50. The van der Waals surface area contributed by atoms with Crippen molar-refractivity contribution in [3.05, 3.63) is 82.4 Å². The van der Waals surface area contributed by atoms with Gasteiger partial charge in [-0.1, -0.05) is 11.6 Å². The number of hydrazone groups is 1. The van der Waals surface area contributed by atoms with Gasteiger partial charge in [0.05, 0.1) is 38.6 Å². The van der Waals surface area contributed by atoms with E-state index in [4.69, 9.17) is 35.6 Å². The van der Waals surface area contributed by atoms with Gasteiger partial charge in [0.1, 0.15) is 23.0 Å². The average Bonchev–Trinajstić information content (AvgIpc) is 3.29. The highest BCUT2D eigenvalue weighted by Crippen LogP contribution is 2.49. The summed E-state index contributed by atoms with van der Waals surface area (Å²) in [5, 5.41) is 7.66. The number of fused-ring (bicyclic) bond motifs is 3. The van der Waals surface area contributed by atoms with E-state index in [9.17, 15) is 0 Å². The highest BCUT2D eigenvalue weighted by molar-refractivity contribution is 6.30. The second-order valence-corrected chi connectivity index (χ2v) is 8.07. The number of nitrogens with zero attached hydrogens (tertiary/aromatic N) is 2. The summed E-state index contributed by atoms with van der Waals surface area (Å²) in [5.74, 6) is 3.03. The molecule has 2 aliphatic rings. The maximum atomic E-state index is 6.45. The van der Waals surface area contributed by atoms with Gasteiger partial charge in [0, 0.05) is 17.0 Å². The fraction of sp³-hybridized carbons (Fsp3) is 0.240. The lowest BCUT2D eigenvalue weighted by molar-refractivity contribution is -0.0204. The molecule has 0 fully saturated rings. The maximum absolute atomic E-state index is 6.45. The smallest absolute Gasteiger partial charge is 0.217 e. The molecule has 6 nitrogen and oxygen atoms in total. The third-order valence-electron chi connectivity index (χ3n) is 5.88. The van der Waals surface area contributed by atoms with Crippen LogP contribution in [-0.4, -0.2) is 32.0 Å². The van der Waals surface area contributed by atoms with E-state index in [-0.39, 0.29) is 6.04 Å². The molecule has 3 aromatic rings. The van der Waals surface area contributed by atoms with Crippen molar-refractivity contribution in [1.29, 1.82) is 0 Å². The van der Waals surface area contributed by atoms with Crippen LogP contribution in [0.1, 0.15) is 35.4 Å². The topological polar surface area (TPSA) is 52.5 Å². The lowest BCUT2D eigenvalue weighted by Gasteiger charge is -2.38. The molecule has 2 heterocycles. The van der Waals surface area contributed by atoms with Gasteiger partial charge in [0.25, 0.3) is 0 Å². The first-order chi connectivity index (χ1) is 15.6. The van der Waals surface area contributed by atoms with Crippen molar-refractivity contribution in [2.45, 2.75) is 18.7 Å². The van der Waals surface area contributed by atoms with E-state index in [1.165, 1.54) is 0 Å². The second kappa shape index (κ2) is 8.28. The standard InChI is InChI=1S/C25H23ClN2O4/c1-29-17-7-4-15(5-8-17)21-14-22-19-12-16(26)6-10-24(19)32-25(28(22)27-21)20-13-18(30-2)9-11-23(20)31-3/h4-13,22,25H,14H2,1-3H3. The molecule has 0 radical (unpaired) electrons. The van der Waals surface area contributed by atoms with E-state index < -0.39 is 6.23 Å². The van der Waals surface area contributed by atoms with E-state index in [0.717, 1.165) is 46.1 Å². The molecular formula is C25H23ClN2O4. The van der Waals surface area contributed by atoms with Gasteiger partial charge in [-0.15, -0.1) is 0 Å². The van der Waals surface area contributed by atoms with E-state index in [1.807, 2.05) is 65.7 Å². The summed E-state index contributed by atoms with van der Waals surface area (Å²) < 4.78 is 22.9. The molecule has 2 aliphatic heterocycles. The molecule has 0 bridgehead atoms. The highest BCUT2D eigenvalue weighted by atomic mass is 35.5. The van der Waals surface area contributed by atoms with Gasteiger partial charge in [-0.25, -0.2) is 5.01 Å². The van der Waals surface area contributed by atoms with Gasteiger partial charge in [-0.3, -0.25) is 0 Å². The van der Waals surface area contributed by atoms with Gasteiger partial charge in [0.2, 0.25) is 6.23 Å². The van der Waals surface area contributed by atoms with Crippen molar-refractivity contribution in [1.82, 2.24) is 5.01 Å². The summed E-state index contributed by atoms with van der Waals surface area (Å²) in [6.45, 7) is 0. The summed E-state index contributed by atoms with van der Waals surface area (Å²) in [4.78, 5) is 0. The summed E-state index contributed by atoms with van der Waals surface area (Å²) in [6.07, 6.45) is 0.251. The van der Waals surface area contributed by atoms with Crippen LogP contribution in [0, 0.1) is 0 Å². The summed E-state index contributed by atoms with van der Waals surface area (Å²) in [5.41, 5.74) is 3.88. The normalized spacial score (nSPS) is 18.9. The Morgan fingerprint density at radius 3 is 2.34 bits per heavy atom. The predicted octanol–water partition coefficient (Wildman–Crippen LogP) is 5.61. The molecular weight excluding hydrogens is 428 g/mol. The van der Waals surface area contributed by atoms with Crippen LogP contribution in [0.3, 0.4) is 0 Å². The van der Waals surface area contributed by atoms with Crippen molar-refractivity contribution in [3.63, 3.8) is 0 Å². The zero-order valence-electron chi connectivity index (χ0n) is 18.0. The molecule has 3 aromatic carbocycles. The summed E-state index contributed by atoms with van der Waals surface area (Å²) in [7, 11) is 4.95. The molecule has 2 unspecified atom stereocenters. The number of hydrogen-bond acceptors (Lipinski definition) is 6. The number of rotatable bonds is 5. The molecule has 0 saturated heterocycles. The number of methoxy groups -OCH3 is 3. The molecule has 0 aliphatic carbocycles. The van der Waals surface area contributed by atoms with Crippen molar-refractivity contribution in [3.8, 4) is 23.0 Å². The molecule has 0 N–H and O–H groups in total. The first kappa shape index (κ1) is 20.5. The Labute approximate surface area is 191 Å². The van der Waals surface area contributed by atoms with Crippen LogP contribution in [0.4, 0.5) is 0 Å². The van der Waals surface area contributed by atoms with Crippen molar-refractivity contribution in [2.24, 2.45) is 5.10 Å². The maximum Gasteiger partial charge on any atom is 0.217 e. The van der Waals surface area contributed by atoms with Crippen molar-refractivity contribution >= 4 is 17.3 Å². The Bertz CT molecular complexity index is 1180. The first-order valence-corrected chi connectivity index (χ1v) is 10.7. The zero-order valence-corrected chi connectivity index (χ0v) is 18.8. The van der Waals surface area contributed by atoms with Gasteiger partial charge < -0.3 is 18.9 Å².